The van der Waals surface area contributed by atoms with Crippen LogP contribution in [0.1, 0.15) is 26.7 Å². The molecule has 0 aromatic carbocycles. The first-order valence-electron chi connectivity index (χ1n) is 8.71. The second kappa shape index (κ2) is 7.16. The number of carbonyl (C=O) groups excluding carboxylic acids is 2. The molecule has 3 rings (SSSR count). The van der Waals surface area contributed by atoms with Gasteiger partial charge in [0.05, 0.1) is 31.0 Å². The van der Waals surface area contributed by atoms with E-state index in [1.165, 1.54) is 30.7 Å². The van der Waals surface area contributed by atoms with Crippen LogP contribution in [0.25, 0.3) is 0 Å². The van der Waals surface area contributed by atoms with Gasteiger partial charge >= 0.3 is 11.9 Å². The maximum Gasteiger partial charge on any atom is 0.353 e. The van der Waals surface area contributed by atoms with E-state index in [4.69, 9.17) is 10.1 Å². The number of amides is 1. The molecule has 148 valence electrons. The van der Waals surface area contributed by atoms with E-state index in [1.807, 2.05) is 0 Å². The summed E-state index contributed by atoms with van der Waals surface area (Å²) in [4.78, 5) is 39.5. The number of amidine groups is 1. The molecule has 3 aliphatic rings. The predicted molar refractivity (Wildman–Crippen MR) is 97.0 cm³/mol. The molecule has 0 aromatic heterocycles. The Kier molecular flexibility index (Phi) is 5.22. The lowest BCUT2D eigenvalue weighted by molar-refractivity contribution is -0.161. The zero-order valence-corrected chi connectivity index (χ0v) is 16.2. The highest BCUT2D eigenvalue weighted by Crippen LogP contribution is 2.49. The van der Waals surface area contributed by atoms with Crippen LogP contribution in [0.5, 0.6) is 0 Å². The van der Waals surface area contributed by atoms with Crippen molar-refractivity contribution >= 4 is 35.4 Å². The third kappa shape index (κ3) is 3.20. The summed E-state index contributed by atoms with van der Waals surface area (Å²) in [5.41, 5.74) is -0.0217. The first-order chi connectivity index (χ1) is 12.7. The van der Waals surface area contributed by atoms with E-state index in [9.17, 15) is 24.6 Å². The maximum atomic E-state index is 12.3. The number of fused-ring (bicyclic) bond motifs is 1. The van der Waals surface area contributed by atoms with Gasteiger partial charge in [0.15, 0.2) is 0 Å². The number of carbonyl (C=O) groups is 3. The van der Waals surface area contributed by atoms with Crippen LogP contribution in [0.4, 0.5) is 0 Å². The van der Waals surface area contributed by atoms with Crippen LogP contribution in [-0.2, 0) is 19.1 Å². The molecule has 2 fully saturated rings. The zero-order chi connectivity index (χ0) is 20.0. The Labute approximate surface area is 160 Å². The molecule has 1 amide bonds. The van der Waals surface area contributed by atoms with Gasteiger partial charge in [-0.3, -0.25) is 10.2 Å². The summed E-state index contributed by atoms with van der Waals surface area (Å²) in [5.74, 6) is -2.28. The number of aliphatic hydroxyl groups is 1. The Hall–Kier alpha value is -2.07. The molecule has 27 heavy (non-hydrogen) atoms. The lowest BCUT2D eigenvalue weighted by atomic mass is 9.83. The Morgan fingerprint density at radius 1 is 1.41 bits per heavy atom. The smallest absolute Gasteiger partial charge is 0.353 e. The number of esters is 1. The number of β-lactam (4-membered cyclic amide) rings is 1. The number of carboxylic acid groups (broad SMARTS) is 1. The highest BCUT2D eigenvalue weighted by atomic mass is 32.2. The number of thioether (sulfide) groups is 1. The molecule has 10 heteroatoms. The number of methoxy groups -OCH3 is 1. The topological polar surface area (TPSA) is 131 Å². The van der Waals surface area contributed by atoms with Gasteiger partial charge in [-0.15, -0.1) is 11.8 Å². The first-order valence-corrected chi connectivity index (χ1v) is 9.59. The largest absolute Gasteiger partial charge is 0.477 e. The minimum absolute atomic E-state index is 0.0217. The third-order valence-electron chi connectivity index (χ3n) is 5.37. The van der Waals surface area contributed by atoms with Crippen molar-refractivity contribution in [1.82, 2.24) is 9.80 Å². The summed E-state index contributed by atoms with van der Waals surface area (Å²) in [5, 5.41) is 27.2. The molecular formula is C17H23N3O6S. The minimum atomic E-state index is -1.17. The fourth-order valence-corrected chi connectivity index (χ4v) is 5.63. The Morgan fingerprint density at radius 2 is 2.07 bits per heavy atom. The molecule has 5 atom stereocenters. The fourth-order valence-electron chi connectivity index (χ4n) is 4.15. The third-order valence-corrected chi connectivity index (χ3v) is 6.69. The van der Waals surface area contributed by atoms with E-state index in [0.717, 1.165) is 0 Å². The van der Waals surface area contributed by atoms with Gasteiger partial charge in [-0.2, -0.15) is 0 Å². The SMILES string of the molecule is COC(=O)C1CC(SC2=C(C(=O)O)N3C(=O)[C@H](C(C)O)[C@H]3C2)CN1C(C)=N. The highest BCUT2D eigenvalue weighted by Gasteiger charge is 2.57. The molecule has 9 nitrogen and oxygen atoms in total. The summed E-state index contributed by atoms with van der Waals surface area (Å²) in [7, 11) is 1.30. The van der Waals surface area contributed by atoms with E-state index < -0.39 is 30.0 Å². The van der Waals surface area contributed by atoms with Crippen LogP contribution in [-0.4, -0.2) is 80.8 Å². The highest BCUT2D eigenvalue weighted by molar-refractivity contribution is 8.03. The monoisotopic (exact) mass is 397 g/mol. The van der Waals surface area contributed by atoms with Gasteiger partial charge in [-0.1, -0.05) is 0 Å². The van der Waals surface area contributed by atoms with Gasteiger partial charge in [-0.05, 0) is 20.3 Å². The summed E-state index contributed by atoms with van der Waals surface area (Å²) in [6, 6.07) is -0.895. The Bertz CT molecular complexity index is 736. The van der Waals surface area contributed by atoms with Crippen LogP contribution >= 0.6 is 11.8 Å². The molecule has 0 spiro atoms. The van der Waals surface area contributed by atoms with Gasteiger partial charge in [0, 0.05) is 23.1 Å². The number of aliphatic hydroxyl groups excluding tert-OH is 1. The molecular weight excluding hydrogens is 374 g/mol. The van der Waals surface area contributed by atoms with E-state index in [1.54, 1.807) is 11.8 Å². The number of rotatable bonds is 5. The van der Waals surface area contributed by atoms with Crippen LogP contribution in [0.2, 0.25) is 0 Å². The predicted octanol–water partition coefficient (Wildman–Crippen LogP) is 0.240. The number of nitrogens with zero attached hydrogens (tertiary/aromatic N) is 2. The maximum absolute atomic E-state index is 12.3. The molecule has 0 aromatic rings. The van der Waals surface area contributed by atoms with Gasteiger partial charge < -0.3 is 24.7 Å². The molecule has 0 aliphatic carbocycles. The lowest BCUT2D eigenvalue weighted by Gasteiger charge is -2.44. The normalized spacial score (nSPS) is 30.9. The fraction of sp³-hybridized carbons (Fsp3) is 0.647. The number of hydrogen-bond acceptors (Lipinski definition) is 7. The summed E-state index contributed by atoms with van der Waals surface area (Å²) in [6.45, 7) is 3.56. The lowest BCUT2D eigenvalue weighted by Crippen LogP contribution is -2.61. The number of hydrogen-bond donors (Lipinski definition) is 3. The average molecular weight is 397 g/mol. The van der Waals surface area contributed by atoms with Crippen molar-refractivity contribution in [2.45, 2.75) is 50.1 Å². The molecule has 3 N–H and O–H groups in total. The van der Waals surface area contributed by atoms with Gasteiger partial charge in [-0.25, -0.2) is 9.59 Å². The molecule has 0 bridgehead atoms. The molecule has 3 aliphatic heterocycles. The van der Waals surface area contributed by atoms with Crippen LogP contribution in [0, 0.1) is 11.3 Å². The van der Waals surface area contributed by atoms with Crippen LogP contribution in [0.15, 0.2) is 10.6 Å². The van der Waals surface area contributed by atoms with E-state index in [-0.39, 0.29) is 28.7 Å². The number of likely N-dealkylation sites (tertiary alicyclic amines) is 1. The van der Waals surface area contributed by atoms with Crippen molar-refractivity contribution in [1.29, 1.82) is 5.41 Å². The zero-order valence-electron chi connectivity index (χ0n) is 15.3. The van der Waals surface area contributed by atoms with Crippen molar-refractivity contribution in [2.75, 3.05) is 13.7 Å². The molecule has 0 saturated carbocycles. The number of nitrogens with one attached hydrogen (secondary N) is 1. The number of ether oxygens (including phenoxy) is 1. The Balaban J connectivity index is 1.79. The summed E-state index contributed by atoms with van der Waals surface area (Å²) < 4.78 is 4.82. The van der Waals surface area contributed by atoms with E-state index in [2.05, 4.69) is 0 Å². The van der Waals surface area contributed by atoms with E-state index >= 15 is 0 Å². The molecule has 2 saturated heterocycles. The first kappa shape index (κ1) is 19.7. The summed E-state index contributed by atoms with van der Waals surface area (Å²) >= 11 is 1.34. The molecule has 3 unspecified atom stereocenters. The standard InChI is InChI=1S/C17H23N3O6S/c1-7(21)13-10-5-12(14(16(23)24)20(10)15(13)22)27-9-4-11(17(25)26-3)19(6-9)8(2)18/h7,9-11,13,18,21H,4-6H2,1-3H3,(H,23,24)/t7?,9?,10-,11?,13-/m1/s1. The van der Waals surface area contributed by atoms with Crippen LogP contribution < -0.4 is 0 Å². The van der Waals surface area contributed by atoms with Crippen molar-refractivity contribution in [3.63, 3.8) is 0 Å². The summed E-state index contributed by atoms with van der Waals surface area (Å²) in [6.07, 6.45) is -0.0108. The Morgan fingerprint density at radius 3 is 2.59 bits per heavy atom. The van der Waals surface area contributed by atoms with Gasteiger partial charge in [0.1, 0.15) is 11.7 Å². The van der Waals surface area contributed by atoms with Gasteiger partial charge in [0.2, 0.25) is 5.91 Å². The van der Waals surface area contributed by atoms with Crippen molar-refractivity contribution < 1.29 is 29.3 Å². The minimum Gasteiger partial charge on any atom is -0.477 e. The second-order valence-corrected chi connectivity index (χ2v) is 8.47. The number of carboxylic acids is 1. The van der Waals surface area contributed by atoms with Gasteiger partial charge in [0.25, 0.3) is 0 Å². The van der Waals surface area contributed by atoms with E-state index in [0.29, 0.717) is 24.3 Å². The van der Waals surface area contributed by atoms with Crippen molar-refractivity contribution in [3.8, 4) is 0 Å². The quantitative estimate of drug-likeness (QED) is 0.260. The van der Waals surface area contributed by atoms with Crippen molar-refractivity contribution in [3.05, 3.63) is 10.6 Å². The van der Waals surface area contributed by atoms with Crippen molar-refractivity contribution in [2.24, 2.45) is 5.92 Å². The second-order valence-electron chi connectivity index (χ2n) is 7.08. The molecule has 3 heterocycles. The number of aliphatic carboxylic acids is 1. The molecule has 0 radical (unpaired) electrons. The van der Waals surface area contributed by atoms with Crippen LogP contribution in [0.3, 0.4) is 0 Å². The average Bonchev–Trinajstić information content (AvgIpc) is 3.14.